The van der Waals surface area contributed by atoms with Crippen molar-refractivity contribution >= 4 is 22.9 Å². The maximum absolute atomic E-state index is 6.03. The van der Waals surface area contributed by atoms with Crippen LogP contribution in [0.4, 0.5) is 11.8 Å². The van der Waals surface area contributed by atoms with Gasteiger partial charge in [0.05, 0.1) is 26.1 Å². The van der Waals surface area contributed by atoms with E-state index < -0.39 is 0 Å². The van der Waals surface area contributed by atoms with Gasteiger partial charge in [-0.1, -0.05) is 13.8 Å². The zero-order chi connectivity index (χ0) is 24.1. The van der Waals surface area contributed by atoms with Crippen LogP contribution in [-0.2, 0) is 0 Å². The second-order valence-corrected chi connectivity index (χ2v) is 8.26. The number of rotatable bonds is 9. The van der Waals surface area contributed by atoms with Crippen molar-refractivity contribution in [1.82, 2.24) is 29.7 Å². The minimum atomic E-state index is 0.208. The first-order valence-electron chi connectivity index (χ1n) is 11.8. The Morgan fingerprint density at radius 1 is 0.971 bits per heavy atom. The van der Waals surface area contributed by atoms with Crippen molar-refractivity contribution < 1.29 is 9.47 Å². The van der Waals surface area contributed by atoms with E-state index in [1.54, 1.807) is 20.4 Å². The molecule has 10 nitrogen and oxygen atoms in total. The average Bonchev–Trinajstić information content (AvgIpc) is 2.88. The molecule has 2 aromatic heterocycles. The largest absolute Gasteiger partial charge is 0.493 e. The summed E-state index contributed by atoms with van der Waals surface area (Å²) in [6.45, 7) is 12.4. The number of hydrogen-bond donors (Lipinski definition) is 1. The molecule has 0 bridgehead atoms. The maximum atomic E-state index is 6.03. The Hall–Kier alpha value is -3.24. The summed E-state index contributed by atoms with van der Waals surface area (Å²) in [5.41, 5.74) is 8.75. The van der Waals surface area contributed by atoms with Crippen molar-refractivity contribution in [1.29, 1.82) is 0 Å². The minimum Gasteiger partial charge on any atom is -0.493 e. The molecular formula is C24H34N8O2. The van der Waals surface area contributed by atoms with Crippen LogP contribution in [0.5, 0.6) is 11.5 Å². The third-order valence-electron chi connectivity index (χ3n) is 6.38. The fraction of sp³-hybridized carbons (Fsp3) is 0.500. The summed E-state index contributed by atoms with van der Waals surface area (Å²) in [6.07, 6.45) is 1.70. The molecule has 1 aliphatic heterocycles. The summed E-state index contributed by atoms with van der Waals surface area (Å²) in [5, 5.41) is 0. The van der Waals surface area contributed by atoms with Gasteiger partial charge >= 0.3 is 0 Å². The molecule has 1 aliphatic rings. The van der Waals surface area contributed by atoms with Crippen LogP contribution in [0.1, 0.15) is 13.8 Å². The SMILES string of the molecule is CCN(CC)CCN1CCN(c2nc(N)nc3ncc(-c4ccc(OC)c(OC)c4)nc23)CC1. The molecule has 0 amide bonds. The van der Waals surface area contributed by atoms with Gasteiger partial charge < -0.3 is 25.0 Å². The Morgan fingerprint density at radius 2 is 1.71 bits per heavy atom. The molecule has 0 radical (unpaired) electrons. The Bertz CT molecular complexity index is 1110. The first-order valence-corrected chi connectivity index (χ1v) is 11.8. The van der Waals surface area contributed by atoms with Crippen molar-refractivity contribution in [3.05, 3.63) is 24.4 Å². The second-order valence-electron chi connectivity index (χ2n) is 8.26. The standard InChI is InChI=1S/C24H34N8O2/c1-5-30(6-2)9-10-31-11-13-32(14-12-31)23-21-22(28-24(25)29-23)26-16-18(27-21)17-7-8-19(33-3)20(15-17)34-4/h7-8,15-16H,5-6,9-14H2,1-4H3,(H2,25,26,28,29). The number of aromatic nitrogens is 4. The predicted molar refractivity (Wildman–Crippen MR) is 135 cm³/mol. The molecule has 3 heterocycles. The smallest absolute Gasteiger partial charge is 0.224 e. The Kier molecular flexibility index (Phi) is 7.59. The van der Waals surface area contributed by atoms with Crippen LogP contribution in [0.25, 0.3) is 22.4 Å². The van der Waals surface area contributed by atoms with Gasteiger partial charge in [-0.2, -0.15) is 9.97 Å². The molecule has 2 N–H and O–H groups in total. The lowest BCUT2D eigenvalue weighted by Crippen LogP contribution is -2.48. The van der Waals surface area contributed by atoms with E-state index in [1.165, 1.54) is 0 Å². The molecule has 4 rings (SSSR count). The van der Waals surface area contributed by atoms with Crippen LogP contribution in [0.15, 0.2) is 24.4 Å². The number of nitrogens with zero attached hydrogens (tertiary/aromatic N) is 7. The van der Waals surface area contributed by atoms with Crippen molar-refractivity contribution in [3.8, 4) is 22.8 Å². The first-order chi connectivity index (χ1) is 16.6. The van der Waals surface area contributed by atoms with Gasteiger partial charge in [-0.15, -0.1) is 0 Å². The van der Waals surface area contributed by atoms with Crippen LogP contribution in [0.2, 0.25) is 0 Å². The molecule has 182 valence electrons. The highest BCUT2D eigenvalue weighted by atomic mass is 16.5. The third kappa shape index (κ3) is 5.13. The van der Waals surface area contributed by atoms with Gasteiger partial charge in [0.2, 0.25) is 5.95 Å². The van der Waals surface area contributed by atoms with Gasteiger partial charge in [0, 0.05) is 44.8 Å². The highest BCUT2D eigenvalue weighted by molar-refractivity contribution is 5.86. The zero-order valence-corrected chi connectivity index (χ0v) is 20.5. The Morgan fingerprint density at radius 3 is 2.38 bits per heavy atom. The van der Waals surface area contributed by atoms with E-state index in [0.29, 0.717) is 28.4 Å². The number of nitrogen functional groups attached to an aromatic ring is 1. The second kappa shape index (κ2) is 10.8. The molecule has 0 spiro atoms. The van der Waals surface area contributed by atoms with Gasteiger partial charge in [0.1, 0.15) is 0 Å². The summed E-state index contributed by atoms with van der Waals surface area (Å²) >= 11 is 0. The van der Waals surface area contributed by atoms with Crippen LogP contribution >= 0.6 is 0 Å². The van der Waals surface area contributed by atoms with E-state index >= 15 is 0 Å². The lowest BCUT2D eigenvalue weighted by molar-refractivity contribution is 0.206. The molecule has 1 fully saturated rings. The summed E-state index contributed by atoms with van der Waals surface area (Å²) in [5.74, 6) is 2.24. The Labute approximate surface area is 200 Å². The monoisotopic (exact) mass is 466 g/mol. The Balaban J connectivity index is 1.58. The number of benzene rings is 1. The molecule has 0 aliphatic carbocycles. The normalized spacial score (nSPS) is 14.7. The van der Waals surface area contributed by atoms with Crippen LogP contribution in [0, 0.1) is 0 Å². The number of ether oxygens (including phenoxy) is 2. The van der Waals surface area contributed by atoms with E-state index in [9.17, 15) is 0 Å². The first kappa shape index (κ1) is 23.9. The molecule has 0 saturated carbocycles. The van der Waals surface area contributed by atoms with Crippen molar-refractivity contribution in [2.75, 3.05) is 77.2 Å². The lowest BCUT2D eigenvalue weighted by atomic mass is 10.1. The number of likely N-dealkylation sites (N-methyl/N-ethyl adjacent to an activating group) is 1. The van der Waals surface area contributed by atoms with Gasteiger partial charge in [0.25, 0.3) is 0 Å². The van der Waals surface area contributed by atoms with E-state index in [1.807, 2.05) is 18.2 Å². The number of hydrogen-bond acceptors (Lipinski definition) is 10. The number of piperazine rings is 1. The van der Waals surface area contributed by atoms with Gasteiger partial charge in [0.15, 0.2) is 28.5 Å². The third-order valence-corrected chi connectivity index (χ3v) is 6.38. The summed E-state index contributed by atoms with van der Waals surface area (Å²) in [6, 6.07) is 5.68. The average molecular weight is 467 g/mol. The molecule has 34 heavy (non-hydrogen) atoms. The zero-order valence-electron chi connectivity index (χ0n) is 20.5. The van der Waals surface area contributed by atoms with E-state index in [0.717, 1.165) is 63.7 Å². The van der Waals surface area contributed by atoms with Crippen LogP contribution < -0.4 is 20.1 Å². The highest BCUT2D eigenvalue weighted by Gasteiger charge is 2.22. The maximum Gasteiger partial charge on any atom is 0.224 e. The topological polar surface area (TPSA) is 106 Å². The van der Waals surface area contributed by atoms with Crippen molar-refractivity contribution in [3.63, 3.8) is 0 Å². The lowest BCUT2D eigenvalue weighted by Gasteiger charge is -2.36. The quantitative estimate of drug-likeness (QED) is 0.504. The fourth-order valence-corrected chi connectivity index (χ4v) is 4.27. The van der Waals surface area contributed by atoms with E-state index in [2.05, 4.69) is 43.5 Å². The molecule has 3 aromatic rings. The molecule has 0 unspecified atom stereocenters. The van der Waals surface area contributed by atoms with Crippen LogP contribution in [-0.4, -0.2) is 96.3 Å². The van der Waals surface area contributed by atoms with Gasteiger partial charge in [-0.05, 0) is 31.3 Å². The fourth-order valence-electron chi connectivity index (χ4n) is 4.27. The molecular weight excluding hydrogens is 432 g/mol. The summed E-state index contributed by atoms with van der Waals surface area (Å²) in [4.78, 5) is 25.5. The number of nitrogens with two attached hydrogens (primary N) is 1. The van der Waals surface area contributed by atoms with Crippen LogP contribution in [0.3, 0.4) is 0 Å². The predicted octanol–water partition coefficient (Wildman–Crippen LogP) is 2.15. The van der Waals surface area contributed by atoms with Crippen molar-refractivity contribution in [2.45, 2.75) is 13.8 Å². The van der Waals surface area contributed by atoms with E-state index in [4.69, 9.17) is 20.2 Å². The van der Waals surface area contributed by atoms with Gasteiger partial charge in [-0.25, -0.2) is 9.97 Å². The molecule has 10 heteroatoms. The van der Waals surface area contributed by atoms with E-state index in [-0.39, 0.29) is 5.95 Å². The number of methoxy groups -OCH3 is 2. The number of anilines is 2. The molecule has 1 saturated heterocycles. The van der Waals surface area contributed by atoms with Gasteiger partial charge in [-0.3, -0.25) is 4.90 Å². The number of fused-ring (bicyclic) bond motifs is 1. The summed E-state index contributed by atoms with van der Waals surface area (Å²) in [7, 11) is 3.23. The van der Waals surface area contributed by atoms with Crippen molar-refractivity contribution in [2.24, 2.45) is 0 Å². The molecule has 1 aromatic carbocycles. The highest BCUT2D eigenvalue weighted by Crippen LogP contribution is 2.32. The minimum absolute atomic E-state index is 0.208. The molecule has 0 atom stereocenters. The summed E-state index contributed by atoms with van der Waals surface area (Å²) < 4.78 is 10.8.